The van der Waals surface area contributed by atoms with E-state index in [4.69, 9.17) is 0 Å². The number of rotatable bonds is 5. The lowest BCUT2D eigenvalue weighted by molar-refractivity contribution is 0.151. The minimum absolute atomic E-state index is 0.127. The number of piperidine rings is 1. The number of H-pyrrole nitrogens is 1. The number of aromatic amines is 1. The third-order valence-corrected chi connectivity index (χ3v) is 7.34. The molecule has 5 rings (SSSR count). The van der Waals surface area contributed by atoms with Crippen LogP contribution in [0.5, 0.6) is 0 Å². The van der Waals surface area contributed by atoms with Crippen molar-refractivity contribution in [3.05, 3.63) is 41.7 Å². The van der Waals surface area contributed by atoms with Gasteiger partial charge in [0.15, 0.2) is 17.3 Å². The highest BCUT2D eigenvalue weighted by atomic mass is 19.1. The summed E-state index contributed by atoms with van der Waals surface area (Å²) in [6.07, 6.45) is 7.33. The Bertz CT molecular complexity index is 1390. The first-order valence-corrected chi connectivity index (χ1v) is 13.0. The molecule has 0 spiro atoms. The fourth-order valence-corrected chi connectivity index (χ4v) is 5.81. The van der Waals surface area contributed by atoms with E-state index in [1.165, 1.54) is 0 Å². The van der Waals surface area contributed by atoms with Crippen molar-refractivity contribution < 1.29 is 4.39 Å². The van der Waals surface area contributed by atoms with E-state index in [1.54, 1.807) is 17.0 Å². The molecule has 0 unspecified atom stereocenters. The lowest BCUT2D eigenvalue weighted by atomic mass is 9.94. The molecule has 5 heterocycles. The molecule has 0 aromatic carbocycles. The lowest BCUT2D eigenvalue weighted by Crippen LogP contribution is -2.46. The molecule has 0 radical (unpaired) electrons. The van der Waals surface area contributed by atoms with E-state index in [9.17, 15) is 0 Å². The molecule has 0 amide bonds. The Balaban J connectivity index is 1.49. The van der Waals surface area contributed by atoms with E-state index in [0.29, 0.717) is 17.2 Å². The first-order chi connectivity index (χ1) is 17.0. The Hall–Kier alpha value is -3.00. The number of pyridine rings is 2. The number of anilines is 1. The number of aromatic nitrogens is 5. The van der Waals surface area contributed by atoms with Gasteiger partial charge in [-0.05, 0) is 55.3 Å². The second-order valence-electron chi connectivity index (χ2n) is 11.9. The number of halogens is 1. The van der Waals surface area contributed by atoms with E-state index in [-0.39, 0.29) is 17.2 Å². The van der Waals surface area contributed by atoms with Crippen LogP contribution >= 0.6 is 0 Å². The SMILES string of the molecule is Cc1cc(-c2[nH]c3cnc(N4CCC(N(C)CC(C)(C)C)CC4)c(F)c3c2C(C)C)cn2ncnc12. The van der Waals surface area contributed by atoms with E-state index in [0.717, 1.165) is 66.0 Å². The minimum Gasteiger partial charge on any atom is -0.354 e. The summed E-state index contributed by atoms with van der Waals surface area (Å²) in [5.74, 6) is 0.371. The van der Waals surface area contributed by atoms with Crippen LogP contribution in [0.2, 0.25) is 0 Å². The Morgan fingerprint density at radius 2 is 1.92 bits per heavy atom. The summed E-state index contributed by atoms with van der Waals surface area (Å²) in [7, 11) is 2.21. The molecular formula is C28H38FN7. The Kier molecular flexibility index (Phi) is 6.27. The zero-order chi connectivity index (χ0) is 25.8. The molecule has 1 saturated heterocycles. The standard InChI is InChI=1S/C28H38FN7/c1-17(2)22-23-21(33-25(22)19-12-18(3)26-31-16-32-36(26)14-19)13-30-27(24(23)29)35-10-8-20(9-11-35)34(7)15-28(4,5)6/h12-14,16-17,20,33H,8-11,15H2,1-7H3. The average molecular weight is 492 g/mol. The molecule has 4 aromatic rings. The lowest BCUT2D eigenvalue weighted by Gasteiger charge is -2.39. The van der Waals surface area contributed by atoms with Gasteiger partial charge in [-0.25, -0.2) is 18.9 Å². The molecule has 192 valence electrons. The van der Waals surface area contributed by atoms with Gasteiger partial charge in [-0.1, -0.05) is 34.6 Å². The summed E-state index contributed by atoms with van der Waals surface area (Å²) in [5.41, 5.74) is 5.70. The van der Waals surface area contributed by atoms with Gasteiger partial charge in [-0.15, -0.1) is 0 Å². The minimum atomic E-state index is -0.223. The van der Waals surface area contributed by atoms with Crippen molar-refractivity contribution >= 4 is 22.4 Å². The predicted octanol–water partition coefficient (Wildman–Crippen LogP) is 5.79. The summed E-state index contributed by atoms with van der Waals surface area (Å²) in [4.78, 5) is 17.0. The maximum absolute atomic E-state index is 16.2. The number of hydrogen-bond donors (Lipinski definition) is 1. The largest absolute Gasteiger partial charge is 0.354 e. The highest BCUT2D eigenvalue weighted by Gasteiger charge is 2.29. The van der Waals surface area contributed by atoms with Crippen LogP contribution in [0.15, 0.2) is 24.8 Å². The molecule has 1 fully saturated rings. The van der Waals surface area contributed by atoms with Crippen molar-refractivity contribution in [2.24, 2.45) is 5.41 Å². The topological polar surface area (TPSA) is 65.4 Å². The van der Waals surface area contributed by atoms with Crippen molar-refractivity contribution in [3.63, 3.8) is 0 Å². The van der Waals surface area contributed by atoms with Crippen molar-refractivity contribution in [3.8, 4) is 11.3 Å². The van der Waals surface area contributed by atoms with Gasteiger partial charge >= 0.3 is 0 Å². The second kappa shape index (κ2) is 9.14. The van der Waals surface area contributed by atoms with E-state index < -0.39 is 0 Å². The molecule has 7 nitrogen and oxygen atoms in total. The first kappa shape index (κ1) is 24.7. The van der Waals surface area contributed by atoms with E-state index >= 15 is 4.39 Å². The molecule has 0 atom stereocenters. The Labute approximate surface area is 212 Å². The maximum Gasteiger partial charge on any atom is 0.175 e. The molecule has 4 aromatic heterocycles. The van der Waals surface area contributed by atoms with Crippen LogP contribution in [0.25, 0.3) is 27.8 Å². The van der Waals surface area contributed by atoms with Crippen LogP contribution in [0.1, 0.15) is 64.5 Å². The third-order valence-electron chi connectivity index (χ3n) is 7.34. The third kappa shape index (κ3) is 4.47. The van der Waals surface area contributed by atoms with Crippen LogP contribution < -0.4 is 4.90 Å². The van der Waals surface area contributed by atoms with E-state index in [1.807, 2.05) is 13.1 Å². The zero-order valence-electron chi connectivity index (χ0n) is 22.6. The number of hydrogen-bond acceptors (Lipinski definition) is 5. The van der Waals surface area contributed by atoms with Crippen LogP contribution in [-0.2, 0) is 0 Å². The van der Waals surface area contributed by atoms with Crippen molar-refractivity contribution in [1.82, 2.24) is 29.5 Å². The quantitative estimate of drug-likeness (QED) is 0.383. The molecule has 8 heteroatoms. The highest BCUT2D eigenvalue weighted by Crippen LogP contribution is 2.39. The van der Waals surface area contributed by atoms with Crippen LogP contribution in [-0.4, -0.2) is 62.2 Å². The number of aryl methyl sites for hydroxylation is 1. The maximum atomic E-state index is 16.2. The van der Waals surface area contributed by atoms with Gasteiger partial charge in [0.2, 0.25) is 0 Å². The van der Waals surface area contributed by atoms with Crippen molar-refractivity contribution in [2.75, 3.05) is 31.6 Å². The molecule has 1 N–H and O–H groups in total. The summed E-state index contributed by atoms with van der Waals surface area (Å²) >= 11 is 0. The zero-order valence-corrected chi connectivity index (χ0v) is 22.6. The Morgan fingerprint density at radius 3 is 2.58 bits per heavy atom. The fourth-order valence-electron chi connectivity index (χ4n) is 5.81. The molecular weight excluding hydrogens is 453 g/mol. The fraction of sp³-hybridized carbons (Fsp3) is 0.536. The summed E-state index contributed by atoms with van der Waals surface area (Å²) in [6, 6.07) is 2.61. The molecule has 1 aliphatic rings. The van der Waals surface area contributed by atoms with Crippen LogP contribution in [0.3, 0.4) is 0 Å². The van der Waals surface area contributed by atoms with Gasteiger partial charge in [-0.3, -0.25) is 0 Å². The van der Waals surface area contributed by atoms with Crippen LogP contribution in [0.4, 0.5) is 10.2 Å². The molecule has 0 aliphatic carbocycles. The predicted molar refractivity (Wildman–Crippen MR) is 144 cm³/mol. The van der Waals surface area contributed by atoms with Gasteiger partial charge in [0.1, 0.15) is 6.33 Å². The Morgan fingerprint density at radius 1 is 1.19 bits per heavy atom. The molecule has 0 saturated carbocycles. The van der Waals surface area contributed by atoms with Gasteiger partial charge < -0.3 is 14.8 Å². The summed E-state index contributed by atoms with van der Waals surface area (Å²) < 4.78 is 18.0. The van der Waals surface area contributed by atoms with Crippen LogP contribution in [0, 0.1) is 18.2 Å². The monoisotopic (exact) mass is 491 g/mol. The van der Waals surface area contributed by atoms with Crippen molar-refractivity contribution in [1.29, 1.82) is 0 Å². The molecule has 1 aliphatic heterocycles. The van der Waals surface area contributed by atoms with Gasteiger partial charge in [-0.2, -0.15) is 5.10 Å². The highest BCUT2D eigenvalue weighted by molar-refractivity contribution is 5.93. The molecule has 0 bridgehead atoms. The van der Waals surface area contributed by atoms with E-state index in [2.05, 4.69) is 77.6 Å². The number of nitrogens with zero attached hydrogens (tertiary/aromatic N) is 6. The normalized spacial score (nSPS) is 15.8. The summed E-state index contributed by atoms with van der Waals surface area (Å²) in [6.45, 7) is 15.7. The van der Waals surface area contributed by atoms with Gasteiger partial charge in [0.05, 0.1) is 17.4 Å². The molecule has 36 heavy (non-hydrogen) atoms. The first-order valence-electron chi connectivity index (χ1n) is 13.0. The van der Waals surface area contributed by atoms with Gasteiger partial charge in [0.25, 0.3) is 0 Å². The smallest absolute Gasteiger partial charge is 0.175 e. The summed E-state index contributed by atoms with van der Waals surface area (Å²) in [5, 5.41) is 4.97. The number of fused-ring (bicyclic) bond motifs is 2. The second-order valence-corrected chi connectivity index (χ2v) is 11.9. The number of nitrogens with one attached hydrogen (secondary N) is 1. The van der Waals surface area contributed by atoms with Gasteiger partial charge in [0, 0.05) is 42.8 Å². The average Bonchev–Trinajstić information content (AvgIpc) is 3.44. The van der Waals surface area contributed by atoms with Crippen molar-refractivity contribution in [2.45, 2.75) is 66.3 Å².